The van der Waals surface area contributed by atoms with Crippen LogP contribution in [0.2, 0.25) is 0 Å². The van der Waals surface area contributed by atoms with Gasteiger partial charge in [-0.2, -0.15) is 0 Å². The summed E-state index contributed by atoms with van der Waals surface area (Å²) in [4.78, 5) is 0. The van der Waals surface area contributed by atoms with Crippen LogP contribution < -0.4 is 5.32 Å². The maximum Gasteiger partial charge on any atom is 0.0895 e. The Kier molecular flexibility index (Phi) is 4.93. The third-order valence-corrected chi connectivity index (χ3v) is 2.61. The summed E-state index contributed by atoms with van der Waals surface area (Å²) in [7, 11) is 0. The topological polar surface area (TPSA) is 52.5 Å². The SMILES string of the molecule is Cc1cc(C)cc(C(C)NCC(O)CO)c1. The van der Waals surface area contributed by atoms with Gasteiger partial charge in [-0.3, -0.25) is 0 Å². The van der Waals surface area contributed by atoms with Crippen LogP contribution in [0.3, 0.4) is 0 Å². The fourth-order valence-electron chi connectivity index (χ4n) is 1.76. The van der Waals surface area contributed by atoms with Gasteiger partial charge in [-0.1, -0.05) is 29.3 Å². The van der Waals surface area contributed by atoms with Crippen molar-refractivity contribution in [2.24, 2.45) is 0 Å². The zero-order chi connectivity index (χ0) is 12.1. The number of hydrogen-bond acceptors (Lipinski definition) is 3. The van der Waals surface area contributed by atoms with Crippen LogP contribution in [0.4, 0.5) is 0 Å². The van der Waals surface area contributed by atoms with Crippen LogP contribution in [0, 0.1) is 13.8 Å². The Hall–Kier alpha value is -0.900. The molecular formula is C13H21NO2. The van der Waals surface area contributed by atoms with Crippen molar-refractivity contribution in [3.05, 3.63) is 34.9 Å². The molecule has 0 amide bonds. The minimum absolute atomic E-state index is 0.180. The Labute approximate surface area is 97.1 Å². The Morgan fingerprint density at radius 2 is 1.75 bits per heavy atom. The second-order valence-corrected chi connectivity index (χ2v) is 4.39. The molecule has 3 nitrogen and oxygen atoms in total. The molecular weight excluding hydrogens is 202 g/mol. The van der Waals surface area contributed by atoms with Gasteiger partial charge in [0.1, 0.15) is 0 Å². The lowest BCUT2D eigenvalue weighted by Crippen LogP contribution is -2.31. The van der Waals surface area contributed by atoms with Crippen molar-refractivity contribution in [2.45, 2.75) is 32.9 Å². The van der Waals surface area contributed by atoms with Gasteiger partial charge in [0, 0.05) is 12.6 Å². The van der Waals surface area contributed by atoms with Crippen molar-refractivity contribution in [3.63, 3.8) is 0 Å². The van der Waals surface area contributed by atoms with Crippen molar-refractivity contribution < 1.29 is 10.2 Å². The van der Waals surface area contributed by atoms with E-state index in [2.05, 4.69) is 44.3 Å². The summed E-state index contributed by atoms with van der Waals surface area (Å²) in [5, 5.41) is 21.2. The van der Waals surface area contributed by atoms with E-state index < -0.39 is 6.10 Å². The van der Waals surface area contributed by atoms with Crippen LogP contribution in [0.1, 0.15) is 29.7 Å². The van der Waals surface area contributed by atoms with Crippen molar-refractivity contribution in [1.29, 1.82) is 0 Å². The normalized spacial score (nSPS) is 14.8. The Bertz CT molecular complexity index is 318. The van der Waals surface area contributed by atoms with E-state index in [1.165, 1.54) is 16.7 Å². The van der Waals surface area contributed by atoms with E-state index in [0.29, 0.717) is 6.54 Å². The molecule has 90 valence electrons. The van der Waals surface area contributed by atoms with E-state index in [9.17, 15) is 5.11 Å². The molecule has 16 heavy (non-hydrogen) atoms. The first kappa shape index (κ1) is 13.2. The van der Waals surface area contributed by atoms with Crippen LogP contribution in [-0.2, 0) is 0 Å². The molecule has 0 aliphatic carbocycles. The monoisotopic (exact) mass is 223 g/mol. The van der Waals surface area contributed by atoms with E-state index >= 15 is 0 Å². The molecule has 0 aromatic heterocycles. The van der Waals surface area contributed by atoms with Gasteiger partial charge in [0.15, 0.2) is 0 Å². The molecule has 0 heterocycles. The molecule has 0 saturated carbocycles. The zero-order valence-corrected chi connectivity index (χ0v) is 10.2. The first-order valence-corrected chi connectivity index (χ1v) is 5.63. The van der Waals surface area contributed by atoms with Gasteiger partial charge in [0.25, 0.3) is 0 Å². The molecule has 0 saturated heterocycles. The maximum atomic E-state index is 9.25. The minimum atomic E-state index is -0.687. The summed E-state index contributed by atoms with van der Waals surface area (Å²) in [6.07, 6.45) is -0.687. The lowest BCUT2D eigenvalue weighted by molar-refractivity contribution is 0.0924. The Morgan fingerprint density at radius 3 is 2.25 bits per heavy atom. The molecule has 3 heteroatoms. The lowest BCUT2D eigenvalue weighted by Gasteiger charge is -2.17. The molecule has 0 bridgehead atoms. The first-order valence-electron chi connectivity index (χ1n) is 5.63. The van der Waals surface area contributed by atoms with Crippen molar-refractivity contribution >= 4 is 0 Å². The number of rotatable bonds is 5. The number of nitrogens with one attached hydrogen (secondary N) is 1. The molecule has 0 spiro atoms. The van der Waals surface area contributed by atoms with Gasteiger partial charge in [-0.05, 0) is 26.3 Å². The summed E-state index contributed by atoms with van der Waals surface area (Å²) in [5.74, 6) is 0. The Morgan fingerprint density at radius 1 is 1.19 bits per heavy atom. The number of hydrogen-bond donors (Lipinski definition) is 3. The fourth-order valence-corrected chi connectivity index (χ4v) is 1.76. The number of aryl methyl sites for hydroxylation is 2. The van der Waals surface area contributed by atoms with E-state index in [1.54, 1.807) is 0 Å². The van der Waals surface area contributed by atoms with Gasteiger partial charge in [-0.25, -0.2) is 0 Å². The molecule has 1 rings (SSSR count). The van der Waals surface area contributed by atoms with Crippen LogP contribution in [-0.4, -0.2) is 29.5 Å². The van der Waals surface area contributed by atoms with Gasteiger partial charge in [-0.15, -0.1) is 0 Å². The highest BCUT2D eigenvalue weighted by molar-refractivity contribution is 5.30. The predicted molar refractivity (Wildman–Crippen MR) is 65.4 cm³/mol. The second kappa shape index (κ2) is 5.99. The average Bonchev–Trinajstić information content (AvgIpc) is 2.23. The third kappa shape index (κ3) is 3.93. The second-order valence-electron chi connectivity index (χ2n) is 4.39. The minimum Gasteiger partial charge on any atom is -0.394 e. The highest BCUT2D eigenvalue weighted by Gasteiger charge is 2.08. The van der Waals surface area contributed by atoms with Gasteiger partial charge < -0.3 is 15.5 Å². The van der Waals surface area contributed by atoms with E-state index in [-0.39, 0.29) is 12.6 Å². The fraction of sp³-hybridized carbons (Fsp3) is 0.538. The predicted octanol–water partition coefficient (Wildman–Crippen LogP) is 1.31. The Balaban J connectivity index is 2.62. The largest absolute Gasteiger partial charge is 0.394 e. The van der Waals surface area contributed by atoms with Gasteiger partial charge in [0.05, 0.1) is 12.7 Å². The maximum absolute atomic E-state index is 9.25. The van der Waals surface area contributed by atoms with E-state index in [1.807, 2.05) is 0 Å². The average molecular weight is 223 g/mol. The molecule has 2 atom stereocenters. The summed E-state index contributed by atoms with van der Waals surface area (Å²) in [6.45, 7) is 6.41. The number of aliphatic hydroxyl groups excluding tert-OH is 2. The first-order chi connectivity index (χ1) is 7.52. The van der Waals surface area contributed by atoms with Crippen molar-refractivity contribution in [1.82, 2.24) is 5.32 Å². The molecule has 0 aliphatic rings. The molecule has 0 fully saturated rings. The van der Waals surface area contributed by atoms with Crippen LogP contribution in [0.5, 0.6) is 0 Å². The lowest BCUT2D eigenvalue weighted by atomic mass is 10.0. The highest BCUT2D eigenvalue weighted by Crippen LogP contribution is 2.16. The van der Waals surface area contributed by atoms with Crippen molar-refractivity contribution in [2.75, 3.05) is 13.2 Å². The summed E-state index contributed by atoms with van der Waals surface area (Å²) in [5.41, 5.74) is 3.69. The highest BCUT2D eigenvalue weighted by atomic mass is 16.3. The number of benzene rings is 1. The molecule has 0 radical (unpaired) electrons. The van der Waals surface area contributed by atoms with Crippen LogP contribution in [0.15, 0.2) is 18.2 Å². The summed E-state index contributed by atoms with van der Waals surface area (Å²) >= 11 is 0. The molecule has 0 aliphatic heterocycles. The summed E-state index contributed by atoms with van der Waals surface area (Å²) < 4.78 is 0. The third-order valence-electron chi connectivity index (χ3n) is 2.61. The molecule has 2 unspecified atom stereocenters. The molecule has 1 aromatic rings. The zero-order valence-electron chi connectivity index (χ0n) is 10.2. The van der Waals surface area contributed by atoms with Crippen molar-refractivity contribution in [3.8, 4) is 0 Å². The van der Waals surface area contributed by atoms with Gasteiger partial charge in [0.2, 0.25) is 0 Å². The molecule has 3 N–H and O–H groups in total. The van der Waals surface area contributed by atoms with E-state index in [4.69, 9.17) is 5.11 Å². The van der Waals surface area contributed by atoms with Crippen LogP contribution in [0.25, 0.3) is 0 Å². The van der Waals surface area contributed by atoms with E-state index in [0.717, 1.165) is 0 Å². The number of aliphatic hydroxyl groups is 2. The quantitative estimate of drug-likeness (QED) is 0.705. The summed E-state index contributed by atoms with van der Waals surface area (Å²) in [6, 6.07) is 6.59. The standard InChI is InChI=1S/C13H21NO2/c1-9-4-10(2)6-12(5-9)11(3)14-7-13(16)8-15/h4-6,11,13-16H,7-8H2,1-3H3. The van der Waals surface area contributed by atoms with Crippen LogP contribution >= 0.6 is 0 Å². The smallest absolute Gasteiger partial charge is 0.0895 e. The molecule has 1 aromatic carbocycles. The van der Waals surface area contributed by atoms with Gasteiger partial charge >= 0.3 is 0 Å².